The molecule has 0 bridgehead atoms. The number of phenols is 1. The van der Waals surface area contributed by atoms with E-state index in [1.165, 1.54) is 12.1 Å². The van der Waals surface area contributed by atoms with Crippen molar-refractivity contribution >= 4 is 23.5 Å². The van der Waals surface area contributed by atoms with Crippen LogP contribution in [0.3, 0.4) is 0 Å². The predicted molar refractivity (Wildman–Crippen MR) is 132 cm³/mol. The van der Waals surface area contributed by atoms with E-state index in [-0.39, 0.29) is 29.4 Å². The zero-order valence-electron chi connectivity index (χ0n) is 18.6. The van der Waals surface area contributed by atoms with Gasteiger partial charge in [0, 0.05) is 11.6 Å². The molecule has 0 fully saturated rings. The number of hydrogen-bond acceptors (Lipinski definition) is 7. The summed E-state index contributed by atoms with van der Waals surface area (Å²) >= 11 is 0. The first kappa shape index (κ1) is 23.4. The lowest BCUT2D eigenvalue weighted by molar-refractivity contribution is -0.134. The number of aromatic nitrogens is 2. The highest BCUT2D eigenvalue weighted by molar-refractivity contribution is 6.00. The van der Waals surface area contributed by atoms with E-state index in [9.17, 15) is 14.7 Å². The molecule has 35 heavy (non-hydrogen) atoms. The number of nitrogens with one attached hydrogen (secondary N) is 2. The van der Waals surface area contributed by atoms with Gasteiger partial charge in [-0.25, -0.2) is 4.79 Å². The first-order chi connectivity index (χ1) is 17.0. The zero-order valence-corrected chi connectivity index (χ0v) is 18.6. The van der Waals surface area contributed by atoms with Gasteiger partial charge in [-0.2, -0.15) is 0 Å². The summed E-state index contributed by atoms with van der Waals surface area (Å²) in [4.78, 5) is 24.9. The zero-order chi connectivity index (χ0) is 24.6. The molecule has 0 saturated carbocycles. The van der Waals surface area contributed by atoms with Crippen molar-refractivity contribution in [3.8, 4) is 22.8 Å². The number of carbonyl (C=O) groups excluding carboxylic acids is 2. The van der Waals surface area contributed by atoms with E-state index in [0.29, 0.717) is 11.3 Å². The van der Waals surface area contributed by atoms with E-state index in [1.807, 2.05) is 30.3 Å². The first-order valence-electron chi connectivity index (χ1n) is 10.8. The van der Waals surface area contributed by atoms with Crippen molar-refractivity contribution in [1.29, 1.82) is 0 Å². The van der Waals surface area contributed by atoms with Gasteiger partial charge >= 0.3 is 12.0 Å². The molecule has 0 aliphatic heterocycles. The Morgan fingerprint density at radius 3 is 2.40 bits per heavy atom. The average Bonchev–Trinajstić information content (AvgIpc) is 2.86. The Hall–Kier alpha value is -4.76. The normalized spacial score (nSPS) is 11.3. The number of amides is 2. The molecule has 1 heterocycles. The number of carbonyl (C=O) groups is 2. The van der Waals surface area contributed by atoms with Crippen molar-refractivity contribution in [2.24, 2.45) is 5.73 Å². The molecular weight excluding hydrogens is 446 g/mol. The van der Waals surface area contributed by atoms with Crippen LogP contribution in [0.15, 0.2) is 91.0 Å². The average molecular weight is 470 g/mol. The van der Waals surface area contributed by atoms with E-state index in [2.05, 4.69) is 20.8 Å². The highest BCUT2D eigenvalue weighted by Crippen LogP contribution is 2.26. The van der Waals surface area contributed by atoms with Crippen molar-refractivity contribution in [2.45, 2.75) is 12.5 Å². The SMILES string of the molecule is NC(CC(=O)Oc1ccccc1NC(=O)Nc1ccc(-c2ccccc2)nn1)c1cccc(O)c1. The van der Waals surface area contributed by atoms with Gasteiger partial charge in [0.25, 0.3) is 0 Å². The predicted octanol–water partition coefficient (Wildman–Crippen LogP) is 4.49. The van der Waals surface area contributed by atoms with Crippen LogP contribution >= 0.6 is 0 Å². The molecular formula is C26H23N5O4. The lowest BCUT2D eigenvalue weighted by Gasteiger charge is -2.14. The third kappa shape index (κ3) is 6.40. The molecule has 9 nitrogen and oxygen atoms in total. The molecule has 0 radical (unpaired) electrons. The Morgan fingerprint density at radius 1 is 0.886 bits per heavy atom. The number of urea groups is 1. The second-order valence-corrected chi connectivity index (χ2v) is 7.62. The first-order valence-corrected chi connectivity index (χ1v) is 10.8. The van der Waals surface area contributed by atoms with E-state index < -0.39 is 18.0 Å². The highest BCUT2D eigenvalue weighted by atomic mass is 16.5. The minimum absolute atomic E-state index is 0.0614. The fraction of sp³-hybridized carbons (Fsp3) is 0.0769. The van der Waals surface area contributed by atoms with Crippen molar-refractivity contribution in [2.75, 3.05) is 10.6 Å². The Bertz CT molecular complexity index is 1310. The minimum atomic E-state index is -0.657. The second-order valence-electron chi connectivity index (χ2n) is 7.62. The molecule has 0 spiro atoms. The van der Waals surface area contributed by atoms with Crippen molar-refractivity contribution in [3.63, 3.8) is 0 Å². The van der Waals surface area contributed by atoms with Crippen LogP contribution in [0.1, 0.15) is 18.0 Å². The van der Waals surface area contributed by atoms with E-state index >= 15 is 0 Å². The number of nitrogens with two attached hydrogens (primary N) is 1. The van der Waals surface area contributed by atoms with E-state index in [0.717, 1.165) is 5.56 Å². The number of benzene rings is 3. The standard InChI is InChI=1S/C26H23N5O4/c27-20(18-9-6-10-19(32)15-18)16-25(33)35-23-12-5-4-11-22(23)28-26(34)29-24-14-13-21(30-31-24)17-7-2-1-3-8-17/h1-15,20,32H,16,27H2,(H2,28,29,31,34). The minimum Gasteiger partial charge on any atom is -0.508 e. The number of ether oxygens (including phenoxy) is 1. The number of esters is 1. The number of hydrogen-bond donors (Lipinski definition) is 4. The van der Waals surface area contributed by atoms with Crippen LogP contribution in [-0.2, 0) is 4.79 Å². The maximum absolute atomic E-state index is 12.5. The van der Waals surface area contributed by atoms with Crippen molar-refractivity contribution in [3.05, 3.63) is 96.6 Å². The number of aromatic hydroxyl groups is 1. The molecule has 3 aromatic carbocycles. The summed E-state index contributed by atoms with van der Waals surface area (Å²) < 4.78 is 5.43. The number of phenolic OH excluding ortho intramolecular Hbond substituents is 1. The summed E-state index contributed by atoms with van der Waals surface area (Å²) in [6.07, 6.45) is -0.118. The highest BCUT2D eigenvalue weighted by Gasteiger charge is 2.16. The molecule has 1 atom stereocenters. The summed E-state index contributed by atoms with van der Waals surface area (Å²) in [7, 11) is 0. The second kappa shape index (κ2) is 10.9. The van der Waals surface area contributed by atoms with Crippen LogP contribution in [0.5, 0.6) is 11.5 Å². The maximum atomic E-state index is 12.5. The molecule has 9 heteroatoms. The van der Waals surface area contributed by atoms with Crippen LogP contribution in [0.4, 0.5) is 16.3 Å². The maximum Gasteiger partial charge on any atom is 0.325 e. The van der Waals surface area contributed by atoms with Crippen molar-refractivity contribution < 1.29 is 19.4 Å². The van der Waals surface area contributed by atoms with Crippen LogP contribution in [0.25, 0.3) is 11.3 Å². The third-order valence-electron chi connectivity index (χ3n) is 5.02. The van der Waals surface area contributed by atoms with Crippen LogP contribution in [0.2, 0.25) is 0 Å². The lowest BCUT2D eigenvalue weighted by atomic mass is 10.0. The van der Waals surface area contributed by atoms with Gasteiger partial charge < -0.3 is 20.9 Å². The van der Waals surface area contributed by atoms with Gasteiger partial charge in [0.1, 0.15) is 5.75 Å². The molecule has 0 aliphatic carbocycles. The van der Waals surface area contributed by atoms with Crippen LogP contribution in [0, 0.1) is 0 Å². The smallest absolute Gasteiger partial charge is 0.325 e. The molecule has 176 valence electrons. The van der Waals surface area contributed by atoms with Crippen molar-refractivity contribution in [1.82, 2.24) is 10.2 Å². The van der Waals surface area contributed by atoms with Crippen LogP contribution in [-0.4, -0.2) is 27.3 Å². The van der Waals surface area contributed by atoms with Gasteiger partial charge in [-0.1, -0.05) is 54.6 Å². The Labute approximate surface area is 201 Å². The largest absolute Gasteiger partial charge is 0.508 e. The number of para-hydroxylation sites is 2. The monoisotopic (exact) mass is 469 g/mol. The van der Waals surface area contributed by atoms with Gasteiger partial charge in [-0.15, -0.1) is 10.2 Å². The topological polar surface area (TPSA) is 139 Å². The van der Waals surface area contributed by atoms with Gasteiger partial charge in [-0.05, 0) is 42.0 Å². The molecule has 1 aromatic heterocycles. The quantitative estimate of drug-likeness (QED) is 0.231. The number of anilines is 2. The summed E-state index contributed by atoms with van der Waals surface area (Å²) in [6.45, 7) is 0. The van der Waals surface area contributed by atoms with Gasteiger partial charge in [0.05, 0.1) is 17.8 Å². The molecule has 1 unspecified atom stereocenters. The molecule has 2 amide bonds. The van der Waals surface area contributed by atoms with Crippen LogP contribution < -0.4 is 21.1 Å². The number of rotatable bonds is 7. The van der Waals surface area contributed by atoms with Gasteiger partial charge in [0.2, 0.25) is 0 Å². The van der Waals surface area contributed by atoms with Gasteiger partial charge in [0.15, 0.2) is 11.6 Å². The molecule has 4 aromatic rings. The number of nitrogens with zero attached hydrogens (tertiary/aromatic N) is 2. The summed E-state index contributed by atoms with van der Waals surface area (Å²) in [6, 6.07) is 24.6. The fourth-order valence-corrected chi connectivity index (χ4v) is 3.31. The summed E-state index contributed by atoms with van der Waals surface area (Å²) in [5.74, 6) is -0.0980. The molecule has 4 rings (SSSR count). The summed E-state index contributed by atoms with van der Waals surface area (Å²) in [5.41, 5.74) is 8.55. The molecule has 0 aliphatic rings. The van der Waals surface area contributed by atoms with E-state index in [1.54, 1.807) is 48.5 Å². The Morgan fingerprint density at radius 2 is 1.66 bits per heavy atom. The summed E-state index contributed by atoms with van der Waals surface area (Å²) in [5, 5.41) is 23.0. The Kier molecular flexibility index (Phi) is 7.29. The molecule has 0 saturated heterocycles. The fourth-order valence-electron chi connectivity index (χ4n) is 3.31. The molecule has 5 N–H and O–H groups in total. The Balaban J connectivity index is 1.36. The lowest BCUT2D eigenvalue weighted by Crippen LogP contribution is -2.22. The van der Waals surface area contributed by atoms with Gasteiger partial charge in [-0.3, -0.25) is 10.1 Å². The third-order valence-corrected chi connectivity index (χ3v) is 5.02. The van der Waals surface area contributed by atoms with E-state index in [4.69, 9.17) is 10.5 Å².